The highest BCUT2D eigenvalue weighted by Gasteiger charge is 2.14. The first-order chi connectivity index (χ1) is 8.47. The van der Waals surface area contributed by atoms with E-state index >= 15 is 0 Å². The first kappa shape index (κ1) is 12.6. The first-order valence-electron chi connectivity index (χ1n) is 4.70. The van der Waals surface area contributed by atoms with Gasteiger partial charge < -0.3 is 5.32 Å². The van der Waals surface area contributed by atoms with Crippen LogP contribution < -0.4 is 5.32 Å². The normalized spacial score (nSPS) is 10.5. The number of anilines is 2. The van der Waals surface area contributed by atoms with Gasteiger partial charge in [0.25, 0.3) is 0 Å². The molecule has 2 rings (SSSR count). The van der Waals surface area contributed by atoms with Crippen LogP contribution in [-0.4, -0.2) is 4.98 Å². The lowest BCUT2D eigenvalue weighted by Crippen LogP contribution is -2.02. The molecule has 0 aliphatic rings. The van der Waals surface area contributed by atoms with Gasteiger partial charge in [-0.2, -0.15) is 0 Å². The average Bonchev–Trinajstić information content (AvgIpc) is 2.25. The summed E-state index contributed by atoms with van der Waals surface area (Å²) in [5, 5.41) is 2.14. The Morgan fingerprint density at radius 2 is 1.56 bits per heavy atom. The summed E-state index contributed by atoms with van der Waals surface area (Å²) in [6.45, 7) is 0. The van der Waals surface area contributed by atoms with Crippen LogP contribution in [0.15, 0.2) is 24.4 Å². The zero-order valence-electron chi connectivity index (χ0n) is 8.65. The molecule has 1 N–H and O–H groups in total. The number of aromatic nitrogens is 1. The molecule has 2 nitrogen and oxygen atoms in total. The van der Waals surface area contributed by atoms with Gasteiger partial charge in [-0.05, 0) is 6.07 Å². The highest BCUT2D eigenvalue weighted by molar-refractivity contribution is 6.30. The largest absolute Gasteiger partial charge is 0.333 e. The third-order valence-corrected chi connectivity index (χ3v) is 2.26. The van der Waals surface area contributed by atoms with E-state index in [1.807, 2.05) is 0 Å². The van der Waals surface area contributed by atoms with E-state index < -0.39 is 34.8 Å². The van der Waals surface area contributed by atoms with E-state index in [2.05, 4.69) is 10.3 Å². The van der Waals surface area contributed by atoms with Crippen LogP contribution in [0.3, 0.4) is 0 Å². The molecule has 1 heterocycles. The van der Waals surface area contributed by atoms with Gasteiger partial charge in [0.1, 0.15) is 11.5 Å². The molecular formula is C11H5ClF4N2. The van der Waals surface area contributed by atoms with Gasteiger partial charge in [-0.25, -0.2) is 22.5 Å². The van der Waals surface area contributed by atoms with Crippen LogP contribution in [0.1, 0.15) is 0 Å². The van der Waals surface area contributed by atoms with Crippen LogP contribution in [0.2, 0.25) is 5.02 Å². The Hall–Kier alpha value is -1.82. The maximum absolute atomic E-state index is 13.4. The van der Waals surface area contributed by atoms with E-state index in [9.17, 15) is 17.6 Å². The second-order valence-electron chi connectivity index (χ2n) is 3.35. The van der Waals surface area contributed by atoms with Gasteiger partial charge in [0.2, 0.25) is 0 Å². The summed E-state index contributed by atoms with van der Waals surface area (Å²) < 4.78 is 52.6. The number of hydrogen-bond acceptors (Lipinski definition) is 2. The van der Waals surface area contributed by atoms with E-state index in [1.54, 1.807) is 0 Å². The fraction of sp³-hybridized carbons (Fsp3) is 0. The van der Waals surface area contributed by atoms with Gasteiger partial charge in [-0.3, -0.25) is 0 Å². The van der Waals surface area contributed by atoms with Crippen LogP contribution in [-0.2, 0) is 0 Å². The van der Waals surface area contributed by atoms with Gasteiger partial charge in [-0.15, -0.1) is 0 Å². The zero-order valence-corrected chi connectivity index (χ0v) is 9.40. The van der Waals surface area contributed by atoms with Crippen molar-refractivity contribution in [2.24, 2.45) is 0 Å². The lowest BCUT2D eigenvalue weighted by Gasteiger charge is -2.08. The Kier molecular flexibility index (Phi) is 3.38. The van der Waals surface area contributed by atoms with E-state index in [0.29, 0.717) is 12.1 Å². The Bertz CT molecular complexity index is 581. The van der Waals surface area contributed by atoms with E-state index in [0.717, 1.165) is 12.3 Å². The smallest absolute Gasteiger partial charge is 0.167 e. The quantitative estimate of drug-likeness (QED) is 0.838. The second-order valence-corrected chi connectivity index (χ2v) is 3.79. The van der Waals surface area contributed by atoms with Crippen molar-refractivity contribution < 1.29 is 17.6 Å². The summed E-state index contributed by atoms with van der Waals surface area (Å²) in [6.07, 6.45) is 1.10. The van der Waals surface area contributed by atoms with Crippen molar-refractivity contribution in [2.45, 2.75) is 0 Å². The van der Waals surface area contributed by atoms with Crippen LogP contribution in [0.4, 0.5) is 29.1 Å². The summed E-state index contributed by atoms with van der Waals surface area (Å²) in [6, 6.07) is 1.87. The maximum atomic E-state index is 13.4. The number of rotatable bonds is 2. The SMILES string of the molecule is Fc1cc(F)c(Nc2ncc(Cl)cc2F)c(F)c1. The molecule has 0 aliphatic heterocycles. The van der Waals surface area contributed by atoms with Crippen molar-refractivity contribution in [3.05, 3.63) is 52.7 Å². The number of benzene rings is 1. The molecule has 0 radical (unpaired) electrons. The standard InChI is InChI=1S/C11H5ClF4N2/c12-5-1-9(16)11(17-4-5)18-10-7(14)2-6(13)3-8(10)15/h1-4H,(H,17,18). The minimum absolute atomic E-state index is 0.0399. The molecular weight excluding hydrogens is 272 g/mol. The fourth-order valence-electron chi connectivity index (χ4n) is 1.29. The molecule has 7 heteroatoms. The second kappa shape index (κ2) is 4.81. The highest BCUT2D eigenvalue weighted by Crippen LogP contribution is 2.25. The molecule has 0 amide bonds. The maximum Gasteiger partial charge on any atom is 0.167 e. The number of nitrogens with zero attached hydrogens (tertiary/aromatic N) is 1. The molecule has 94 valence electrons. The number of pyridine rings is 1. The molecule has 1 aromatic heterocycles. The van der Waals surface area contributed by atoms with Crippen molar-refractivity contribution in [1.82, 2.24) is 4.98 Å². The minimum Gasteiger partial charge on any atom is -0.333 e. The fourth-order valence-corrected chi connectivity index (χ4v) is 1.43. The van der Waals surface area contributed by atoms with Gasteiger partial charge in [0.15, 0.2) is 23.3 Å². The third kappa shape index (κ3) is 2.53. The van der Waals surface area contributed by atoms with E-state index in [1.165, 1.54) is 0 Å². The third-order valence-electron chi connectivity index (χ3n) is 2.06. The van der Waals surface area contributed by atoms with Crippen LogP contribution in [0.5, 0.6) is 0 Å². The first-order valence-corrected chi connectivity index (χ1v) is 5.08. The Morgan fingerprint density at radius 1 is 0.944 bits per heavy atom. The van der Waals surface area contributed by atoms with Gasteiger partial charge in [-0.1, -0.05) is 11.6 Å². The van der Waals surface area contributed by atoms with Gasteiger partial charge in [0.05, 0.1) is 5.02 Å². The van der Waals surface area contributed by atoms with Crippen molar-refractivity contribution >= 4 is 23.1 Å². The molecule has 1 aromatic carbocycles. The number of nitrogens with one attached hydrogen (secondary N) is 1. The monoisotopic (exact) mass is 276 g/mol. The molecule has 0 saturated carbocycles. The minimum atomic E-state index is -1.19. The van der Waals surface area contributed by atoms with E-state index in [-0.39, 0.29) is 5.02 Å². The molecule has 0 aliphatic carbocycles. The van der Waals surface area contributed by atoms with Crippen molar-refractivity contribution in [1.29, 1.82) is 0 Å². The lowest BCUT2D eigenvalue weighted by molar-refractivity contribution is 0.548. The molecule has 0 spiro atoms. The van der Waals surface area contributed by atoms with Crippen LogP contribution >= 0.6 is 11.6 Å². The molecule has 18 heavy (non-hydrogen) atoms. The Morgan fingerprint density at radius 3 is 2.11 bits per heavy atom. The number of hydrogen-bond donors (Lipinski definition) is 1. The summed E-state index contributed by atoms with van der Waals surface area (Å²) in [7, 11) is 0. The van der Waals surface area contributed by atoms with Crippen LogP contribution in [0.25, 0.3) is 0 Å². The van der Waals surface area contributed by atoms with Crippen LogP contribution in [0, 0.1) is 23.3 Å². The molecule has 0 unspecified atom stereocenters. The Labute approximate surface area is 104 Å². The summed E-state index contributed by atoms with van der Waals surface area (Å²) in [4.78, 5) is 3.53. The van der Waals surface area contributed by atoms with Gasteiger partial charge >= 0.3 is 0 Å². The topological polar surface area (TPSA) is 24.9 Å². The Balaban J connectivity index is 2.40. The molecule has 0 atom stereocenters. The predicted molar refractivity (Wildman–Crippen MR) is 58.8 cm³/mol. The lowest BCUT2D eigenvalue weighted by atomic mass is 10.2. The zero-order chi connectivity index (χ0) is 13.3. The highest BCUT2D eigenvalue weighted by atomic mass is 35.5. The molecule has 2 aromatic rings. The molecule has 0 saturated heterocycles. The molecule has 0 fully saturated rings. The summed E-state index contributed by atoms with van der Waals surface area (Å²) >= 11 is 5.48. The summed E-state index contributed by atoms with van der Waals surface area (Å²) in [5.74, 6) is -4.75. The van der Waals surface area contributed by atoms with Gasteiger partial charge in [0, 0.05) is 18.3 Å². The molecule has 0 bridgehead atoms. The van der Waals surface area contributed by atoms with Crippen molar-refractivity contribution in [3.8, 4) is 0 Å². The van der Waals surface area contributed by atoms with E-state index in [4.69, 9.17) is 11.6 Å². The van der Waals surface area contributed by atoms with Crippen molar-refractivity contribution in [3.63, 3.8) is 0 Å². The predicted octanol–water partition coefficient (Wildman–Crippen LogP) is 4.04. The number of halogens is 5. The average molecular weight is 277 g/mol. The summed E-state index contributed by atoms with van der Waals surface area (Å²) in [5.41, 5.74) is -0.690. The van der Waals surface area contributed by atoms with Crippen molar-refractivity contribution in [2.75, 3.05) is 5.32 Å².